The molecular weight excluding hydrogens is 513 g/mol. The van der Waals surface area contributed by atoms with Crippen molar-refractivity contribution >= 4 is 69.6 Å². The van der Waals surface area contributed by atoms with Crippen LogP contribution in [-0.2, 0) is 16.1 Å². The van der Waals surface area contributed by atoms with Crippen LogP contribution in [0.25, 0.3) is 6.08 Å². The van der Waals surface area contributed by atoms with Gasteiger partial charge in [-0.3, -0.25) is 14.2 Å². The number of halogens is 2. The van der Waals surface area contributed by atoms with Crippen LogP contribution in [0.4, 0.5) is 11.6 Å². The van der Waals surface area contributed by atoms with Crippen molar-refractivity contribution in [3.05, 3.63) is 76.0 Å². The van der Waals surface area contributed by atoms with Gasteiger partial charge in [-0.15, -0.1) is 0 Å². The molecule has 0 unspecified atom stereocenters. The second kappa shape index (κ2) is 11.5. The summed E-state index contributed by atoms with van der Waals surface area (Å²) in [6, 6.07) is 14.1. The van der Waals surface area contributed by atoms with E-state index >= 15 is 0 Å². The zero-order valence-corrected chi connectivity index (χ0v) is 20.8. The van der Waals surface area contributed by atoms with E-state index in [0.717, 1.165) is 11.8 Å². The maximum Gasteiger partial charge on any atom is 0.320 e. The molecular formula is C23H19Cl2N5O4S. The van der Waals surface area contributed by atoms with Crippen LogP contribution in [0.15, 0.2) is 74.9 Å². The lowest BCUT2D eigenvalue weighted by Crippen LogP contribution is -2.36. The summed E-state index contributed by atoms with van der Waals surface area (Å²) in [6.45, 7) is 0.910. The average Bonchev–Trinajstić information content (AvgIpc) is 3.42. The summed E-state index contributed by atoms with van der Waals surface area (Å²) < 4.78 is 11.5. The number of methoxy groups -OCH3 is 1. The first-order valence-electron chi connectivity index (χ1n) is 10.3. The number of hydrogen-bond acceptors (Lipinski definition) is 8. The van der Waals surface area contributed by atoms with E-state index in [2.05, 4.69) is 15.3 Å². The van der Waals surface area contributed by atoms with Gasteiger partial charge in [0, 0.05) is 28.5 Å². The maximum atomic E-state index is 13.3. The summed E-state index contributed by atoms with van der Waals surface area (Å²) in [5.74, 6) is -0.841. The molecule has 0 fully saturated rings. The molecule has 1 amide bonds. The Bertz CT molecular complexity index is 1290. The molecule has 3 aromatic rings. The van der Waals surface area contributed by atoms with E-state index in [1.807, 2.05) is 6.07 Å². The topological polar surface area (TPSA) is 107 Å². The number of nitrogens with zero attached hydrogens (tertiary/aromatic N) is 5. The van der Waals surface area contributed by atoms with E-state index in [9.17, 15) is 9.90 Å². The number of thioether (sulfide) groups is 1. The number of carbonyl (C=O) groups is 1. The van der Waals surface area contributed by atoms with Crippen LogP contribution in [-0.4, -0.2) is 41.7 Å². The second-order valence-electron chi connectivity index (χ2n) is 7.13. The van der Waals surface area contributed by atoms with Crippen molar-refractivity contribution in [3.8, 4) is 0 Å². The molecule has 12 heteroatoms. The van der Waals surface area contributed by atoms with Gasteiger partial charge in [0.15, 0.2) is 5.17 Å². The van der Waals surface area contributed by atoms with Crippen molar-refractivity contribution in [2.24, 2.45) is 9.98 Å². The van der Waals surface area contributed by atoms with Gasteiger partial charge in [-0.25, -0.2) is 9.98 Å². The van der Waals surface area contributed by atoms with E-state index in [-0.39, 0.29) is 23.2 Å². The zero-order valence-electron chi connectivity index (χ0n) is 18.4. The number of ether oxygens (including phenoxy) is 1. The van der Waals surface area contributed by atoms with Gasteiger partial charge >= 0.3 is 5.88 Å². The number of rotatable bonds is 8. The Kier molecular flexibility index (Phi) is 8.19. The Balaban J connectivity index is 1.57. The first-order chi connectivity index (χ1) is 17.0. The van der Waals surface area contributed by atoms with Crippen LogP contribution in [0.2, 0.25) is 10.0 Å². The lowest BCUT2D eigenvalue weighted by atomic mass is 10.2. The van der Waals surface area contributed by atoms with E-state index in [1.54, 1.807) is 49.6 Å². The van der Waals surface area contributed by atoms with E-state index in [4.69, 9.17) is 32.5 Å². The van der Waals surface area contributed by atoms with Crippen LogP contribution in [0, 0.1) is 0 Å². The highest BCUT2D eigenvalue weighted by molar-refractivity contribution is 8.14. The van der Waals surface area contributed by atoms with Crippen LogP contribution in [0.1, 0.15) is 5.56 Å². The molecule has 9 nitrogen and oxygen atoms in total. The molecule has 35 heavy (non-hydrogen) atoms. The third-order valence-electron chi connectivity index (χ3n) is 4.71. The van der Waals surface area contributed by atoms with Crippen LogP contribution in [0.5, 0.6) is 0 Å². The molecule has 1 aliphatic rings. The normalized spacial score (nSPS) is 15.2. The van der Waals surface area contributed by atoms with Gasteiger partial charge in [-0.2, -0.15) is 0 Å². The van der Waals surface area contributed by atoms with Crippen molar-refractivity contribution in [2.75, 3.05) is 24.4 Å². The average molecular weight is 532 g/mol. The van der Waals surface area contributed by atoms with Gasteiger partial charge < -0.3 is 9.84 Å². The largest absolute Gasteiger partial charge is 0.861 e. The molecule has 4 rings (SSSR count). The summed E-state index contributed by atoms with van der Waals surface area (Å²) in [7, 11) is 1.57. The maximum absolute atomic E-state index is 13.3. The number of hydrogen-bond donors (Lipinski definition) is 0. The minimum Gasteiger partial charge on any atom is -0.861 e. The van der Waals surface area contributed by atoms with Crippen LogP contribution >= 0.6 is 35.0 Å². The summed E-state index contributed by atoms with van der Waals surface area (Å²) in [4.78, 5) is 23.1. The molecule has 0 N–H and O–H groups in total. The predicted octanol–water partition coefficient (Wildman–Crippen LogP) is 3.48. The summed E-state index contributed by atoms with van der Waals surface area (Å²) in [6.07, 6.45) is 3.04. The number of aromatic nitrogens is 2. The summed E-state index contributed by atoms with van der Waals surface area (Å²) in [5, 5.41) is 17.3. The summed E-state index contributed by atoms with van der Waals surface area (Å²) in [5.41, 5.74) is 1.24. The van der Waals surface area contributed by atoms with Crippen LogP contribution < -0.4 is 14.7 Å². The highest BCUT2D eigenvalue weighted by Crippen LogP contribution is 2.32. The predicted molar refractivity (Wildman–Crippen MR) is 134 cm³/mol. The molecule has 0 atom stereocenters. The summed E-state index contributed by atoms with van der Waals surface area (Å²) >= 11 is 13.6. The molecule has 180 valence electrons. The first kappa shape index (κ1) is 24.9. The molecule has 0 saturated carbocycles. The molecule has 0 bridgehead atoms. The standard InChI is InChI=1S/C23H19Cl2N5O4S/c1-33-11-10-29-13-21(34-28-29)27-20(31)14-35-23-26-19(12-16-17(24)8-5-9-18(16)25)22(32)30(23)15-6-3-2-4-7-15/h2-9,12-13H,10-11,14H2,1H3/b19-12-. The third kappa shape index (κ3) is 6.09. The number of carbonyl (C=O) groups excluding carboxylic acids is 1. The second-order valence-corrected chi connectivity index (χ2v) is 8.88. The van der Waals surface area contributed by atoms with Crippen LogP contribution in [0.3, 0.4) is 0 Å². The first-order valence-corrected chi connectivity index (χ1v) is 12.1. The molecule has 1 aliphatic heterocycles. The Morgan fingerprint density at radius 1 is 1.23 bits per heavy atom. The van der Waals surface area contributed by atoms with Crippen molar-refractivity contribution in [3.63, 3.8) is 0 Å². The number of anilines is 1. The number of para-hydroxylation sites is 1. The number of amidine groups is 1. The Hall–Kier alpha value is -3.18. The number of benzene rings is 2. The lowest BCUT2D eigenvalue weighted by Gasteiger charge is -2.18. The smallest absolute Gasteiger partial charge is 0.320 e. The minimum absolute atomic E-state index is 0.0741. The Morgan fingerprint density at radius 2 is 1.97 bits per heavy atom. The SMILES string of the molecule is COCC[n+]1cc(/N=C(/[O-])CSC2=N/C(=C\c3c(Cl)cccc3Cl)C(=O)N2c2ccccc2)on1. The monoisotopic (exact) mass is 531 g/mol. The van der Waals surface area contributed by atoms with Crippen molar-refractivity contribution in [1.82, 2.24) is 5.27 Å². The highest BCUT2D eigenvalue weighted by Gasteiger charge is 2.32. The quantitative estimate of drug-likeness (QED) is 0.190. The molecule has 0 spiro atoms. The molecule has 2 heterocycles. The van der Waals surface area contributed by atoms with E-state index in [1.165, 1.54) is 21.9 Å². The zero-order chi connectivity index (χ0) is 24.8. The highest BCUT2D eigenvalue weighted by atomic mass is 35.5. The fourth-order valence-corrected chi connectivity index (χ4v) is 4.38. The van der Waals surface area contributed by atoms with Crippen molar-refractivity contribution in [2.45, 2.75) is 6.54 Å². The number of aliphatic imine (C=N–C) groups is 2. The van der Waals surface area contributed by atoms with Gasteiger partial charge in [0.25, 0.3) is 12.1 Å². The molecule has 1 aromatic heterocycles. The fourth-order valence-electron chi connectivity index (χ4n) is 3.07. The van der Waals surface area contributed by atoms with Gasteiger partial charge in [-0.05, 0) is 40.9 Å². The molecule has 0 radical (unpaired) electrons. The number of amides is 1. The van der Waals surface area contributed by atoms with Gasteiger partial charge in [0.05, 0.1) is 5.69 Å². The minimum atomic E-state index is -0.472. The van der Waals surface area contributed by atoms with Gasteiger partial charge in [-0.1, -0.05) is 59.2 Å². The van der Waals surface area contributed by atoms with Crippen molar-refractivity contribution in [1.29, 1.82) is 0 Å². The molecule has 2 aromatic carbocycles. The Labute approximate surface area is 215 Å². The molecule has 0 aliphatic carbocycles. The lowest BCUT2D eigenvalue weighted by molar-refractivity contribution is -0.763. The Morgan fingerprint density at radius 3 is 2.69 bits per heavy atom. The van der Waals surface area contributed by atoms with E-state index in [0.29, 0.717) is 39.6 Å². The molecule has 0 saturated heterocycles. The van der Waals surface area contributed by atoms with E-state index < -0.39 is 5.90 Å². The third-order valence-corrected chi connectivity index (χ3v) is 6.29. The fraction of sp³-hybridized carbons (Fsp3) is 0.174. The van der Waals surface area contributed by atoms with Gasteiger partial charge in [0.2, 0.25) is 11.8 Å². The van der Waals surface area contributed by atoms with Crippen molar-refractivity contribution < 1.29 is 23.8 Å². The van der Waals surface area contributed by atoms with Gasteiger partial charge in [0.1, 0.15) is 12.3 Å².